The van der Waals surface area contributed by atoms with Crippen LogP contribution < -0.4 is 5.32 Å². The Kier molecular flexibility index (Phi) is 4.60. The molecule has 2 rings (SSSR count). The van der Waals surface area contributed by atoms with Crippen molar-refractivity contribution >= 4 is 11.8 Å². The van der Waals surface area contributed by atoms with Crippen LogP contribution >= 0.6 is 11.8 Å². The van der Waals surface area contributed by atoms with Gasteiger partial charge in [-0.3, -0.25) is 4.98 Å². The number of hydrogen-bond acceptors (Lipinski definition) is 4. The lowest BCUT2D eigenvalue weighted by molar-refractivity contribution is 0.410. The Bertz CT molecular complexity index is 298. The van der Waals surface area contributed by atoms with Gasteiger partial charge in [-0.1, -0.05) is 12.8 Å². The first kappa shape index (κ1) is 11.9. The molecule has 3 nitrogen and oxygen atoms in total. The summed E-state index contributed by atoms with van der Waals surface area (Å²) in [4.78, 5) is 8.37. The van der Waals surface area contributed by atoms with Gasteiger partial charge in [-0.25, -0.2) is 4.98 Å². The molecule has 88 valence electrons. The molecule has 0 aromatic carbocycles. The summed E-state index contributed by atoms with van der Waals surface area (Å²) in [5.74, 6) is 1.95. The van der Waals surface area contributed by atoms with E-state index in [9.17, 15) is 0 Å². The minimum absolute atomic E-state index is 0.620. The highest BCUT2D eigenvalue weighted by atomic mass is 32.2. The monoisotopic (exact) mass is 237 g/mol. The van der Waals surface area contributed by atoms with Crippen molar-refractivity contribution in [3.63, 3.8) is 0 Å². The highest BCUT2D eigenvalue weighted by molar-refractivity contribution is 7.99. The first-order valence-electron chi connectivity index (χ1n) is 5.96. The number of hydrogen-bond donors (Lipinski definition) is 1. The van der Waals surface area contributed by atoms with E-state index < -0.39 is 0 Å². The van der Waals surface area contributed by atoms with E-state index in [0.29, 0.717) is 6.04 Å². The molecule has 0 aliphatic heterocycles. The summed E-state index contributed by atoms with van der Waals surface area (Å²) in [6.07, 6.45) is 10.9. The zero-order valence-corrected chi connectivity index (χ0v) is 10.5. The largest absolute Gasteiger partial charge is 0.316 e. The van der Waals surface area contributed by atoms with Crippen LogP contribution in [0.5, 0.6) is 0 Å². The smallest absolute Gasteiger partial charge is 0.114 e. The van der Waals surface area contributed by atoms with Gasteiger partial charge in [-0.15, -0.1) is 11.8 Å². The van der Waals surface area contributed by atoms with Crippen molar-refractivity contribution in [2.45, 2.75) is 36.8 Å². The molecule has 1 aliphatic carbocycles. The normalized spacial score (nSPS) is 18.8. The van der Waals surface area contributed by atoms with Crippen molar-refractivity contribution in [1.29, 1.82) is 0 Å². The Labute approximate surface area is 101 Å². The van der Waals surface area contributed by atoms with E-state index in [-0.39, 0.29) is 0 Å². The predicted octanol–water partition coefficient (Wildman–Crippen LogP) is 2.35. The molecule has 0 saturated heterocycles. The van der Waals surface area contributed by atoms with Crippen LogP contribution in [0.15, 0.2) is 23.6 Å². The summed E-state index contributed by atoms with van der Waals surface area (Å²) in [6, 6.07) is 0.620. The number of thioether (sulfide) groups is 1. The Hall–Kier alpha value is -0.610. The molecule has 0 amide bonds. The Morgan fingerprint density at radius 3 is 2.88 bits per heavy atom. The maximum Gasteiger partial charge on any atom is 0.114 e. The second-order valence-electron chi connectivity index (χ2n) is 4.29. The van der Waals surface area contributed by atoms with Gasteiger partial charge in [-0.05, 0) is 25.8 Å². The second kappa shape index (κ2) is 6.21. The molecule has 0 radical (unpaired) electrons. The van der Waals surface area contributed by atoms with Gasteiger partial charge in [0.25, 0.3) is 0 Å². The molecule has 4 heteroatoms. The fourth-order valence-corrected chi connectivity index (χ4v) is 3.41. The van der Waals surface area contributed by atoms with E-state index in [4.69, 9.17) is 0 Å². The van der Waals surface area contributed by atoms with Crippen LogP contribution in [0, 0.1) is 5.92 Å². The van der Waals surface area contributed by atoms with Crippen LogP contribution in [0.4, 0.5) is 0 Å². The number of aromatic nitrogens is 2. The molecular weight excluding hydrogens is 218 g/mol. The van der Waals surface area contributed by atoms with Crippen molar-refractivity contribution in [3.05, 3.63) is 18.6 Å². The van der Waals surface area contributed by atoms with Crippen LogP contribution in [0.3, 0.4) is 0 Å². The summed E-state index contributed by atoms with van der Waals surface area (Å²) in [7, 11) is 2.07. The van der Waals surface area contributed by atoms with E-state index in [1.54, 1.807) is 24.2 Å². The maximum atomic E-state index is 4.28. The molecule has 1 saturated carbocycles. The first-order chi connectivity index (χ1) is 7.90. The van der Waals surface area contributed by atoms with Gasteiger partial charge in [0.1, 0.15) is 5.03 Å². The third-order valence-electron chi connectivity index (χ3n) is 3.29. The Morgan fingerprint density at radius 1 is 1.44 bits per heavy atom. The third-order valence-corrected chi connectivity index (χ3v) is 4.32. The van der Waals surface area contributed by atoms with E-state index in [2.05, 4.69) is 22.3 Å². The van der Waals surface area contributed by atoms with Crippen molar-refractivity contribution in [2.75, 3.05) is 12.8 Å². The fourth-order valence-electron chi connectivity index (χ4n) is 2.35. The van der Waals surface area contributed by atoms with Crippen LogP contribution in [0.2, 0.25) is 0 Å². The molecule has 16 heavy (non-hydrogen) atoms. The van der Waals surface area contributed by atoms with Gasteiger partial charge in [0.15, 0.2) is 0 Å². The molecular formula is C12H19N3S. The van der Waals surface area contributed by atoms with Crippen LogP contribution in [0.25, 0.3) is 0 Å². The summed E-state index contributed by atoms with van der Waals surface area (Å²) < 4.78 is 0. The Balaban J connectivity index is 1.83. The van der Waals surface area contributed by atoms with Crippen molar-refractivity contribution < 1.29 is 0 Å². The summed E-state index contributed by atoms with van der Waals surface area (Å²) in [5, 5.41) is 4.47. The van der Waals surface area contributed by atoms with Crippen molar-refractivity contribution in [2.24, 2.45) is 5.92 Å². The van der Waals surface area contributed by atoms with E-state index in [1.807, 2.05) is 6.20 Å². The quantitative estimate of drug-likeness (QED) is 0.798. The molecule has 1 N–H and O–H groups in total. The summed E-state index contributed by atoms with van der Waals surface area (Å²) in [5.41, 5.74) is 0. The maximum absolute atomic E-state index is 4.28. The lowest BCUT2D eigenvalue weighted by Crippen LogP contribution is -2.34. The van der Waals surface area contributed by atoms with Gasteiger partial charge < -0.3 is 5.32 Å². The van der Waals surface area contributed by atoms with Crippen molar-refractivity contribution in [1.82, 2.24) is 15.3 Å². The fraction of sp³-hybridized carbons (Fsp3) is 0.667. The molecule has 1 aromatic rings. The predicted molar refractivity (Wildman–Crippen MR) is 67.6 cm³/mol. The van der Waals surface area contributed by atoms with Crippen molar-refractivity contribution in [3.8, 4) is 0 Å². The molecule has 1 atom stereocenters. The molecule has 1 heterocycles. The zero-order valence-electron chi connectivity index (χ0n) is 9.72. The van der Waals surface area contributed by atoms with Gasteiger partial charge in [0.2, 0.25) is 0 Å². The molecule has 0 bridgehead atoms. The first-order valence-corrected chi connectivity index (χ1v) is 6.95. The van der Waals surface area contributed by atoms with E-state index in [1.165, 1.54) is 25.7 Å². The highest BCUT2D eigenvalue weighted by Gasteiger charge is 2.23. The Morgan fingerprint density at radius 2 is 2.25 bits per heavy atom. The molecule has 1 unspecified atom stereocenters. The highest BCUT2D eigenvalue weighted by Crippen LogP contribution is 2.30. The number of nitrogens with one attached hydrogen (secondary N) is 1. The standard InChI is InChI=1S/C12H19N3S/c1-13-11(10-4-2-3-5-10)9-16-12-8-14-6-7-15-12/h6-8,10-11,13H,2-5,9H2,1H3. The third kappa shape index (κ3) is 3.19. The topological polar surface area (TPSA) is 37.8 Å². The number of nitrogens with zero attached hydrogens (tertiary/aromatic N) is 2. The SMILES string of the molecule is CNC(CSc1cnccn1)C1CCCC1. The zero-order chi connectivity index (χ0) is 11.2. The van der Waals surface area contributed by atoms with E-state index >= 15 is 0 Å². The van der Waals surface area contributed by atoms with E-state index in [0.717, 1.165) is 16.7 Å². The lowest BCUT2D eigenvalue weighted by atomic mass is 10.0. The van der Waals surface area contributed by atoms with Crippen LogP contribution in [-0.4, -0.2) is 28.8 Å². The van der Waals surface area contributed by atoms with Crippen LogP contribution in [0.1, 0.15) is 25.7 Å². The van der Waals surface area contributed by atoms with Gasteiger partial charge >= 0.3 is 0 Å². The molecule has 1 aromatic heterocycles. The summed E-state index contributed by atoms with van der Waals surface area (Å²) in [6.45, 7) is 0. The summed E-state index contributed by atoms with van der Waals surface area (Å²) >= 11 is 1.80. The average Bonchev–Trinajstić information content (AvgIpc) is 2.85. The van der Waals surface area contributed by atoms with Gasteiger partial charge in [0, 0.05) is 24.2 Å². The lowest BCUT2D eigenvalue weighted by Gasteiger charge is -2.22. The average molecular weight is 237 g/mol. The second-order valence-corrected chi connectivity index (χ2v) is 5.33. The number of rotatable bonds is 5. The molecule has 0 spiro atoms. The van der Waals surface area contributed by atoms with Gasteiger partial charge in [0.05, 0.1) is 6.20 Å². The minimum Gasteiger partial charge on any atom is -0.316 e. The molecule has 1 aliphatic rings. The van der Waals surface area contributed by atoms with Crippen LogP contribution in [-0.2, 0) is 0 Å². The minimum atomic E-state index is 0.620. The van der Waals surface area contributed by atoms with Gasteiger partial charge in [-0.2, -0.15) is 0 Å². The molecule has 1 fully saturated rings.